The van der Waals surface area contributed by atoms with Gasteiger partial charge in [0.15, 0.2) is 0 Å². The normalized spacial score (nSPS) is 25.3. The number of thiophene rings is 1. The summed E-state index contributed by atoms with van der Waals surface area (Å²) < 4.78 is 41.2. The molecule has 4 amide bonds. The fraction of sp³-hybridized carbons (Fsp3) is 0.500. The highest BCUT2D eigenvalue weighted by atomic mass is 32.2. The van der Waals surface area contributed by atoms with E-state index in [4.69, 9.17) is 19.4 Å². The number of sulfonamides is 1. The topological polar surface area (TPSA) is 186 Å². The molecule has 4 aromatic rings. The molecule has 2 aromatic carbocycles. The third-order valence-corrected chi connectivity index (χ3v) is 14.4. The van der Waals surface area contributed by atoms with Gasteiger partial charge < -0.3 is 25.0 Å². The average Bonchev–Trinajstić information content (AvgIpc) is 3.74. The van der Waals surface area contributed by atoms with Crippen LogP contribution in [0, 0.1) is 5.92 Å². The predicted molar refractivity (Wildman–Crippen MR) is 226 cm³/mol. The molecule has 3 N–H and O–H groups in total. The Hall–Kier alpha value is -5.09. The lowest BCUT2D eigenvalue weighted by atomic mass is 10.0. The van der Waals surface area contributed by atoms with Gasteiger partial charge in [-0.2, -0.15) is 0 Å². The molecule has 2 unspecified atom stereocenters. The predicted octanol–water partition coefficient (Wildman–Crippen LogP) is 6.05. The van der Waals surface area contributed by atoms with Crippen molar-refractivity contribution in [2.75, 3.05) is 12.3 Å². The van der Waals surface area contributed by atoms with Crippen LogP contribution in [0.4, 0.5) is 4.79 Å². The number of carbonyl (C=O) groups excluding carboxylic acids is 4. The van der Waals surface area contributed by atoms with E-state index >= 15 is 0 Å². The van der Waals surface area contributed by atoms with E-state index in [2.05, 4.69) is 15.4 Å². The number of para-hydroxylation sites is 2. The van der Waals surface area contributed by atoms with E-state index in [-0.39, 0.29) is 49.5 Å². The average molecular weight is 857 g/mol. The first kappa shape index (κ1) is 41.6. The Morgan fingerprint density at radius 3 is 2.30 bits per heavy atom. The number of nitrogens with zero attached hydrogens (tertiary/aromatic N) is 3. The van der Waals surface area contributed by atoms with Gasteiger partial charge in [-0.05, 0) is 86.4 Å². The molecule has 14 nitrogen and oxygen atoms in total. The summed E-state index contributed by atoms with van der Waals surface area (Å²) in [6.45, 7) is -0.0123. The van der Waals surface area contributed by atoms with Gasteiger partial charge in [-0.25, -0.2) is 23.2 Å². The highest BCUT2D eigenvalue weighted by Gasteiger charge is 2.62. The van der Waals surface area contributed by atoms with E-state index in [9.17, 15) is 27.6 Å². The van der Waals surface area contributed by atoms with Gasteiger partial charge in [-0.1, -0.05) is 80.6 Å². The molecule has 8 rings (SSSR count). The van der Waals surface area contributed by atoms with Crippen LogP contribution in [-0.2, 0) is 35.6 Å². The van der Waals surface area contributed by atoms with Crippen molar-refractivity contribution in [3.8, 4) is 16.5 Å². The molecule has 0 radical (unpaired) electrons. The molecule has 4 heterocycles. The summed E-state index contributed by atoms with van der Waals surface area (Å²) in [7, 11) is -4.06. The first-order chi connectivity index (χ1) is 29.1. The van der Waals surface area contributed by atoms with E-state index in [1.807, 2.05) is 72.1 Å². The highest BCUT2D eigenvalue weighted by molar-refractivity contribution is 7.90. The molecule has 60 heavy (non-hydrogen) atoms. The Morgan fingerprint density at radius 2 is 1.55 bits per heavy atom. The van der Waals surface area contributed by atoms with Crippen molar-refractivity contribution in [3.05, 3.63) is 77.7 Å². The summed E-state index contributed by atoms with van der Waals surface area (Å²) in [6, 6.07) is 18.3. The van der Waals surface area contributed by atoms with Gasteiger partial charge in [0, 0.05) is 6.42 Å². The second-order valence-corrected chi connectivity index (χ2v) is 19.3. The Labute approximate surface area is 354 Å². The van der Waals surface area contributed by atoms with Crippen LogP contribution in [0.3, 0.4) is 0 Å². The standard InChI is InChI=1S/C44H52N6O8S2/c51-39-36-26-32(57-40-38(37-22-13-24-59-37)45-33-19-11-12-20-34(33)46-40)28-50(36)41(52)35(47-43(54)58-31-17-9-10-18-31)21-8-3-1-2-7-16-30-27-44(30,48-39)42(53)49-60(55,56)25-23-29-14-5-4-6-15-29/h4-6,11-15,19-20,22,24,30-32,35-36H,1-3,7-10,16-18,21,23,25-28H2,(H,47,54)(H,48,51)(H,49,53)/t30?,32-,35+,36+,44?/m1/s1. The summed E-state index contributed by atoms with van der Waals surface area (Å²) >= 11 is 1.48. The number of aryl methyl sites for hydroxylation is 1. The second kappa shape index (κ2) is 18.3. The van der Waals surface area contributed by atoms with Crippen molar-refractivity contribution in [2.45, 2.75) is 120 Å². The minimum Gasteiger partial charge on any atom is -0.471 e. The van der Waals surface area contributed by atoms with Gasteiger partial charge in [0.1, 0.15) is 35.5 Å². The lowest BCUT2D eigenvalue weighted by Crippen LogP contribution is -2.58. The molecular weight excluding hydrogens is 805 g/mol. The lowest BCUT2D eigenvalue weighted by molar-refractivity contribution is -0.141. The fourth-order valence-corrected chi connectivity index (χ4v) is 10.7. The number of fused-ring (bicyclic) bond motifs is 3. The molecule has 4 fully saturated rings. The van der Waals surface area contributed by atoms with Crippen molar-refractivity contribution in [1.82, 2.24) is 30.2 Å². The van der Waals surface area contributed by atoms with Gasteiger partial charge in [0.25, 0.3) is 5.91 Å². The Kier molecular flexibility index (Phi) is 12.7. The van der Waals surface area contributed by atoms with Crippen molar-refractivity contribution in [3.63, 3.8) is 0 Å². The fourth-order valence-electron chi connectivity index (χ4n) is 8.88. The number of aromatic nitrogens is 2. The molecule has 318 valence electrons. The first-order valence-corrected chi connectivity index (χ1v) is 23.8. The first-order valence-electron chi connectivity index (χ1n) is 21.2. The molecule has 2 aliphatic heterocycles. The molecule has 16 heteroatoms. The molecule has 0 bridgehead atoms. The number of ether oxygens (including phenoxy) is 2. The second-order valence-electron chi connectivity index (χ2n) is 16.5. The lowest BCUT2D eigenvalue weighted by Gasteiger charge is -2.30. The SMILES string of the molecule is O=C(N[C@H]1CCCCCCCC2CC2(C(=O)NS(=O)(=O)CCc2ccccc2)NC(=O)[C@@H]2C[C@@H](Oc3nc4ccccc4nc3-c3cccs3)CN2C1=O)OC1CCCC1. The molecular formula is C44H52N6O8S2. The number of amides is 4. The number of alkyl carbamates (subject to hydrolysis) is 1. The third-order valence-electron chi connectivity index (χ3n) is 12.2. The zero-order valence-electron chi connectivity index (χ0n) is 33.6. The molecule has 5 atom stereocenters. The van der Waals surface area contributed by atoms with Gasteiger partial charge in [0.05, 0.1) is 28.2 Å². The van der Waals surface area contributed by atoms with Crippen LogP contribution in [0.1, 0.15) is 89.0 Å². The highest BCUT2D eigenvalue weighted by Crippen LogP contribution is 2.48. The molecule has 2 aromatic heterocycles. The minimum atomic E-state index is -4.06. The van der Waals surface area contributed by atoms with Crippen LogP contribution in [0.2, 0.25) is 0 Å². The van der Waals surface area contributed by atoms with Crippen LogP contribution in [-0.4, -0.2) is 89.2 Å². The molecule has 4 aliphatic rings. The van der Waals surface area contributed by atoms with Gasteiger partial charge >= 0.3 is 6.09 Å². The number of hydrogen-bond donors (Lipinski definition) is 3. The number of benzene rings is 2. The number of carbonyl (C=O) groups is 4. The smallest absolute Gasteiger partial charge is 0.408 e. The number of nitrogens with one attached hydrogen (secondary N) is 3. The molecule has 0 spiro atoms. The maximum absolute atomic E-state index is 14.7. The quantitative estimate of drug-likeness (QED) is 0.170. The number of rotatable bonds is 10. The van der Waals surface area contributed by atoms with Crippen LogP contribution < -0.4 is 20.1 Å². The third kappa shape index (κ3) is 9.75. The molecule has 2 aliphatic carbocycles. The van der Waals surface area contributed by atoms with E-state index in [1.165, 1.54) is 16.2 Å². The van der Waals surface area contributed by atoms with Crippen molar-refractivity contribution in [2.24, 2.45) is 5.92 Å². The maximum Gasteiger partial charge on any atom is 0.408 e. The zero-order valence-corrected chi connectivity index (χ0v) is 35.2. The van der Waals surface area contributed by atoms with Crippen LogP contribution in [0.5, 0.6) is 5.88 Å². The molecule has 2 saturated heterocycles. The Morgan fingerprint density at radius 1 is 0.850 bits per heavy atom. The van der Waals surface area contributed by atoms with E-state index in [1.54, 1.807) is 0 Å². The summed E-state index contributed by atoms with van der Waals surface area (Å²) in [5, 5.41) is 7.74. The van der Waals surface area contributed by atoms with E-state index in [0.717, 1.165) is 61.8 Å². The van der Waals surface area contributed by atoms with Crippen LogP contribution in [0.15, 0.2) is 72.1 Å². The monoisotopic (exact) mass is 856 g/mol. The van der Waals surface area contributed by atoms with Gasteiger partial charge in [-0.3, -0.25) is 19.1 Å². The van der Waals surface area contributed by atoms with E-state index < -0.39 is 57.6 Å². The van der Waals surface area contributed by atoms with Crippen molar-refractivity contribution in [1.29, 1.82) is 0 Å². The summed E-state index contributed by atoms with van der Waals surface area (Å²) in [5.41, 5.74) is 1.18. The van der Waals surface area contributed by atoms with Crippen LogP contribution in [0.25, 0.3) is 21.6 Å². The Balaban J connectivity index is 1.07. The minimum absolute atomic E-state index is 0.0123. The van der Waals surface area contributed by atoms with E-state index in [0.29, 0.717) is 36.0 Å². The van der Waals surface area contributed by atoms with Gasteiger partial charge in [0.2, 0.25) is 27.7 Å². The maximum atomic E-state index is 14.7. The summed E-state index contributed by atoms with van der Waals surface area (Å²) in [6.07, 6.45) is 7.43. The number of hydrogen-bond acceptors (Lipinski definition) is 11. The van der Waals surface area contributed by atoms with Crippen molar-refractivity contribution < 1.29 is 37.1 Å². The molecule has 2 saturated carbocycles. The Bertz CT molecular complexity index is 2290. The zero-order chi connectivity index (χ0) is 41.7. The summed E-state index contributed by atoms with van der Waals surface area (Å²) in [4.78, 5) is 68.7. The largest absolute Gasteiger partial charge is 0.471 e. The van der Waals surface area contributed by atoms with Gasteiger partial charge in [-0.15, -0.1) is 11.3 Å². The van der Waals surface area contributed by atoms with Crippen LogP contribution >= 0.6 is 11.3 Å². The van der Waals surface area contributed by atoms with Crippen molar-refractivity contribution >= 4 is 56.2 Å². The summed E-state index contributed by atoms with van der Waals surface area (Å²) in [5.74, 6) is -2.16.